The molecule has 0 saturated carbocycles. The van der Waals surface area contributed by atoms with Crippen molar-refractivity contribution in [3.63, 3.8) is 0 Å². The summed E-state index contributed by atoms with van der Waals surface area (Å²) in [5.74, 6) is -3.84. The Morgan fingerprint density at radius 2 is 1.91 bits per heavy atom. The first-order valence-corrected chi connectivity index (χ1v) is 10.8. The first-order valence-electron chi connectivity index (χ1n) is 10.1. The van der Waals surface area contributed by atoms with Crippen LogP contribution in [0.1, 0.15) is 45.1 Å². The summed E-state index contributed by atoms with van der Waals surface area (Å²) in [6, 6.07) is 2.31. The van der Waals surface area contributed by atoms with Crippen LogP contribution in [0.25, 0.3) is 0 Å². The SMILES string of the molecule is CC(C)(C)C[C@@H]1C/C=C/C(F)=C(Cl)\C=C\NC(=O)C(c2ccc(F)c(Cl)c2)[C@H](C(N)=O)N1. The highest BCUT2D eigenvalue weighted by molar-refractivity contribution is 6.31. The zero-order valence-corrected chi connectivity index (χ0v) is 19.6. The maximum atomic E-state index is 14.2. The molecule has 1 aromatic carbocycles. The van der Waals surface area contributed by atoms with Gasteiger partial charge in [-0.1, -0.05) is 56.1 Å². The minimum absolute atomic E-state index is 0.147. The van der Waals surface area contributed by atoms with Crippen LogP contribution >= 0.6 is 23.2 Å². The fourth-order valence-electron chi connectivity index (χ4n) is 3.53. The second kappa shape index (κ2) is 11.1. The quantitative estimate of drug-likeness (QED) is 0.573. The fraction of sp³-hybridized carbons (Fsp3) is 0.391. The summed E-state index contributed by atoms with van der Waals surface area (Å²) in [6.07, 6.45) is 6.13. The number of carbonyl (C=O) groups is 2. The van der Waals surface area contributed by atoms with Gasteiger partial charge < -0.3 is 16.4 Å². The molecule has 0 fully saturated rings. The molecule has 174 valence electrons. The van der Waals surface area contributed by atoms with Crippen LogP contribution in [0.5, 0.6) is 0 Å². The third-order valence-corrected chi connectivity index (χ3v) is 5.46. The largest absolute Gasteiger partial charge is 0.368 e. The van der Waals surface area contributed by atoms with Crippen molar-refractivity contribution >= 4 is 35.0 Å². The summed E-state index contributed by atoms with van der Waals surface area (Å²) in [5, 5.41) is 5.26. The van der Waals surface area contributed by atoms with E-state index in [1.54, 1.807) is 6.08 Å². The Morgan fingerprint density at radius 3 is 2.50 bits per heavy atom. The molecule has 0 radical (unpaired) electrons. The Bertz CT molecular complexity index is 955. The van der Waals surface area contributed by atoms with Crippen molar-refractivity contribution in [3.8, 4) is 0 Å². The van der Waals surface area contributed by atoms with Crippen LogP contribution < -0.4 is 16.4 Å². The molecular formula is C23H27Cl2F2N3O2. The summed E-state index contributed by atoms with van der Waals surface area (Å²) in [4.78, 5) is 25.6. The molecule has 1 heterocycles. The predicted octanol–water partition coefficient (Wildman–Crippen LogP) is 4.82. The van der Waals surface area contributed by atoms with Crippen LogP contribution in [-0.4, -0.2) is 23.9 Å². The van der Waals surface area contributed by atoms with Crippen molar-refractivity contribution in [1.29, 1.82) is 0 Å². The number of hydrogen-bond acceptors (Lipinski definition) is 3. The van der Waals surface area contributed by atoms with Gasteiger partial charge in [0.05, 0.1) is 16.0 Å². The molecule has 2 rings (SSSR count). The van der Waals surface area contributed by atoms with Crippen molar-refractivity contribution in [3.05, 3.63) is 69.9 Å². The molecule has 0 saturated heterocycles. The minimum atomic E-state index is -1.14. The Labute approximate surface area is 196 Å². The summed E-state index contributed by atoms with van der Waals surface area (Å²) in [6.45, 7) is 6.05. The lowest BCUT2D eigenvalue weighted by Gasteiger charge is -2.32. The van der Waals surface area contributed by atoms with Crippen LogP contribution in [0.15, 0.2) is 53.5 Å². The number of primary amides is 1. The van der Waals surface area contributed by atoms with E-state index < -0.39 is 35.4 Å². The highest BCUT2D eigenvalue weighted by atomic mass is 35.5. The molecule has 4 N–H and O–H groups in total. The molecule has 0 spiro atoms. The van der Waals surface area contributed by atoms with E-state index in [1.807, 2.05) is 20.8 Å². The molecular weight excluding hydrogens is 459 g/mol. The number of nitrogens with two attached hydrogens (primary N) is 1. The number of nitrogens with one attached hydrogen (secondary N) is 2. The van der Waals surface area contributed by atoms with E-state index in [2.05, 4.69) is 10.6 Å². The van der Waals surface area contributed by atoms with Gasteiger partial charge in [-0.05, 0) is 48.1 Å². The van der Waals surface area contributed by atoms with Crippen molar-refractivity contribution in [2.75, 3.05) is 0 Å². The van der Waals surface area contributed by atoms with Crippen LogP contribution in [-0.2, 0) is 9.59 Å². The van der Waals surface area contributed by atoms with Crippen LogP contribution in [0, 0.1) is 11.2 Å². The molecule has 2 amide bonds. The Kier molecular flexibility index (Phi) is 9.01. The number of amides is 2. The molecule has 32 heavy (non-hydrogen) atoms. The van der Waals surface area contributed by atoms with E-state index in [0.717, 1.165) is 6.07 Å². The lowest BCUT2D eigenvalue weighted by atomic mass is 9.84. The highest BCUT2D eigenvalue weighted by Crippen LogP contribution is 2.28. The first-order chi connectivity index (χ1) is 14.9. The highest BCUT2D eigenvalue weighted by Gasteiger charge is 2.36. The van der Waals surface area contributed by atoms with Crippen molar-refractivity contribution in [2.45, 2.75) is 51.6 Å². The Balaban J connectivity index is 2.59. The summed E-state index contributed by atoms with van der Waals surface area (Å²) in [7, 11) is 0. The van der Waals surface area contributed by atoms with Crippen LogP contribution in [0.4, 0.5) is 8.78 Å². The van der Waals surface area contributed by atoms with Gasteiger partial charge in [-0.2, -0.15) is 0 Å². The van der Waals surface area contributed by atoms with E-state index in [0.29, 0.717) is 18.4 Å². The molecule has 0 aromatic heterocycles. The molecule has 1 unspecified atom stereocenters. The number of benzene rings is 1. The normalized spacial score (nSPS) is 27.5. The third-order valence-electron chi connectivity index (χ3n) is 4.87. The van der Waals surface area contributed by atoms with Gasteiger partial charge in [0.15, 0.2) is 0 Å². The van der Waals surface area contributed by atoms with Gasteiger partial charge in [0.1, 0.15) is 17.7 Å². The number of allylic oxidation sites excluding steroid dienone is 4. The van der Waals surface area contributed by atoms with Gasteiger partial charge in [0, 0.05) is 12.2 Å². The van der Waals surface area contributed by atoms with Gasteiger partial charge in [0.25, 0.3) is 0 Å². The molecule has 9 heteroatoms. The molecule has 0 bridgehead atoms. The standard InChI is InChI=1S/C23H27Cl2F2N3O2/c1-23(2,3)12-14-5-4-6-17(26)15(24)9-10-29-22(32)19(20(30-14)21(28)31)13-7-8-18(27)16(25)11-13/h4,6-11,14,19-20,30H,5,12H2,1-3H3,(H2,28,31)(H,29,32)/b6-4+,10-9+,17-15-/t14-,19?,20+/m0/s1. The zero-order chi connectivity index (χ0) is 24.1. The van der Waals surface area contributed by atoms with Crippen molar-refractivity contribution < 1.29 is 18.4 Å². The van der Waals surface area contributed by atoms with E-state index in [9.17, 15) is 18.4 Å². The predicted molar refractivity (Wildman–Crippen MR) is 123 cm³/mol. The second-order valence-electron chi connectivity index (χ2n) is 8.84. The van der Waals surface area contributed by atoms with Gasteiger partial charge in [-0.15, -0.1) is 0 Å². The zero-order valence-electron chi connectivity index (χ0n) is 18.1. The number of carbonyl (C=O) groups excluding carboxylic acids is 2. The molecule has 1 aromatic rings. The third kappa shape index (κ3) is 7.43. The maximum absolute atomic E-state index is 14.2. The lowest BCUT2D eigenvalue weighted by molar-refractivity contribution is -0.128. The maximum Gasteiger partial charge on any atom is 0.235 e. The Morgan fingerprint density at radius 1 is 1.22 bits per heavy atom. The van der Waals surface area contributed by atoms with Crippen LogP contribution in [0.2, 0.25) is 5.02 Å². The topological polar surface area (TPSA) is 84.2 Å². The summed E-state index contributed by atoms with van der Waals surface area (Å²) >= 11 is 11.9. The number of rotatable bonds is 3. The molecule has 5 nitrogen and oxygen atoms in total. The Hall–Kier alpha value is -2.22. The van der Waals surface area contributed by atoms with E-state index in [1.165, 1.54) is 30.5 Å². The van der Waals surface area contributed by atoms with Gasteiger partial charge >= 0.3 is 0 Å². The number of hydrogen-bond donors (Lipinski definition) is 3. The monoisotopic (exact) mass is 485 g/mol. The average molecular weight is 486 g/mol. The molecule has 0 aliphatic carbocycles. The molecule has 1 aliphatic rings. The van der Waals surface area contributed by atoms with Crippen molar-refractivity contribution in [1.82, 2.24) is 10.6 Å². The van der Waals surface area contributed by atoms with Crippen LogP contribution in [0.3, 0.4) is 0 Å². The number of halogens is 4. The van der Waals surface area contributed by atoms with Crippen molar-refractivity contribution in [2.24, 2.45) is 11.1 Å². The molecule has 3 atom stereocenters. The average Bonchev–Trinajstić information content (AvgIpc) is 2.68. The second-order valence-corrected chi connectivity index (χ2v) is 9.65. The van der Waals surface area contributed by atoms with E-state index in [-0.39, 0.29) is 21.5 Å². The lowest BCUT2D eigenvalue weighted by Crippen LogP contribution is -2.53. The van der Waals surface area contributed by atoms with E-state index in [4.69, 9.17) is 28.9 Å². The van der Waals surface area contributed by atoms with Gasteiger partial charge in [-0.3, -0.25) is 9.59 Å². The summed E-state index contributed by atoms with van der Waals surface area (Å²) in [5.41, 5.74) is 5.84. The summed E-state index contributed by atoms with van der Waals surface area (Å²) < 4.78 is 28.0. The van der Waals surface area contributed by atoms with Gasteiger partial charge in [0.2, 0.25) is 11.8 Å². The minimum Gasteiger partial charge on any atom is -0.368 e. The fourth-order valence-corrected chi connectivity index (χ4v) is 3.84. The molecule has 1 aliphatic heterocycles. The van der Waals surface area contributed by atoms with Gasteiger partial charge in [-0.25, -0.2) is 8.78 Å². The first kappa shape index (κ1) is 26.0. The smallest absolute Gasteiger partial charge is 0.235 e. The van der Waals surface area contributed by atoms with E-state index >= 15 is 0 Å².